The maximum Gasteiger partial charge on any atom is 0.411 e. The lowest BCUT2D eigenvalue weighted by Crippen LogP contribution is -2.38. The van der Waals surface area contributed by atoms with Crippen LogP contribution in [-0.4, -0.2) is 31.8 Å². The molecule has 0 radical (unpaired) electrons. The highest BCUT2D eigenvalue weighted by Crippen LogP contribution is 2.16. The summed E-state index contributed by atoms with van der Waals surface area (Å²) in [5.74, 6) is 1.60. The van der Waals surface area contributed by atoms with Crippen molar-refractivity contribution in [3.63, 3.8) is 0 Å². The minimum absolute atomic E-state index is 0. The summed E-state index contributed by atoms with van der Waals surface area (Å²) < 4.78 is 46.2. The van der Waals surface area contributed by atoms with Crippen LogP contribution in [0.2, 0.25) is 0 Å². The first-order valence-corrected chi connectivity index (χ1v) is 8.73. The zero-order valence-corrected chi connectivity index (χ0v) is 17.9. The van der Waals surface area contributed by atoms with E-state index in [1.807, 2.05) is 31.2 Å². The van der Waals surface area contributed by atoms with Gasteiger partial charge in [0.2, 0.25) is 0 Å². The Morgan fingerprint density at radius 3 is 2.43 bits per heavy atom. The molecule has 1 aromatic carbocycles. The Morgan fingerprint density at radius 1 is 1.11 bits per heavy atom. The Hall–Kier alpha value is -1.75. The molecule has 1 aromatic heterocycles. The molecule has 0 fully saturated rings. The third-order valence-corrected chi connectivity index (χ3v) is 3.57. The zero-order chi connectivity index (χ0) is 19.5. The lowest BCUT2D eigenvalue weighted by molar-refractivity contribution is -0.176. The van der Waals surface area contributed by atoms with Crippen LogP contribution >= 0.6 is 24.0 Å². The number of rotatable bonds is 9. The van der Waals surface area contributed by atoms with E-state index in [1.165, 1.54) is 0 Å². The highest BCUT2D eigenvalue weighted by molar-refractivity contribution is 14.0. The Morgan fingerprint density at radius 2 is 1.82 bits per heavy atom. The van der Waals surface area contributed by atoms with E-state index in [1.54, 1.807) is 18.4 Å². The standard InChI is InChI=1S/C19H24F3N3O2.HI/c1-2-23-18(24-10-9-17-4-3-11-27-17)25-12-15-5-7-16(8-6-15)13-26-14-19(20,21)22;/h3-8,11H,2,9-10,12-14H2,1H3,(H2,23,24,25);1H. The summed E-state index contributed by atoms with van der Waals surface area (Å²) in [7, 11) is 0. The van der Waals surface area contributed by atoms with Crippen molar-refractivity contribution in [1.82, 2.24) is 10.6 Å². The smallest absolute Gasteiger partial charge is 0.411 e. The quantitative estimate of drug-likeness (QED) is 0.300. The Kier molecular flexibility index (Phi) is 11.0. The monoisotopic (exact) mass is 511 g/mol. The second-order valence-electron chi connectivity index (χ2n) is 5.88. The largest absolute Gasteiger partial charge is 0.469 e. The second-order valence-corrected chi connectivity index (χ2v) is 5.88. The molecule has 9 heteroatoms. The molecule has 0 atom stereocenters. The Labute approximate surface area is 179 Å². The fourth-order valence-corrected chi connectivity index (χ4v) is 2.30. The van der Waals surface area contributed by atoms with Gasteiger partial charge in [-0.05, 0) is 30.2 Å². The molecule has 2 rings (SSSR count). The number of alkyl halides is 3. The van der Waals surface area contributed by atoms with Gasteiger partial charge >= 0.3 is 6.18 Å². The zero-order valence-electron chi connectivity index (χ0n) is 15.6. The maximum absolute atomic E-state index is 12.1. The molecule has 0 bridgehead atoms. The number of aliphatic imine (C=N–C) groups is 1. The van der Waals surface area contributed by atoms with Crippen LogP contribution in [0.25, 0.3) is 0 Å². The number of furan rings is 1. The SMILES string of the molecule is CCNC(=NCc1ccc(COCC(F)(F)F)cc1)NCCc1ccco1.I. The number of halogens is 4. The number of ether oxygens (including phenoxy) is 1. The first-order valence-electron chi connectivity index (χ1n) is 8.73. The summed E-state index contributed by atoms with van der Waals surface area (Å²) in [5, 5.41) is 6.40. The minimum atomic E-state index is -4.30. The summed E-state index contributed by atoms with van der Waals surface area (Å²) in [5.41, 5.74) is 1.65. The van der Waals surface area contributed by atoms with Crippen molar-refractivity contribution >= 4 is 29.9 Å². The van der Waals surface area contributed by atoms with Gasteiger partial charge in [0, 0.05) is 19.5 Å². The van der Waals surface area contributed by atoms with Crippen LogP contribution in [0.15, 0.2) is 52.1 Å². The first kappa shape index (κ1) is 24.3. The molecule has 0 saturated heterocycles. The van der Waals surface area contributed by atoms with E-state index in [0.29, 0.717) is 24.6 Å². The highest BCUT2D eigenvalue weighted by Gasteiger charge is 2.27. The van der Waals surface area contributed by atoms with Crippen LogP contribution in [-0.2, 0) is 24.3 Å². The van der Waals surface area contributed by atoms with Crippen LogP contribution in [0.3, 0.4) is 0 Å². The number of nitrogens with one attached hydrogen (secondary N) is 2. The van der Waals surface area contributed by atoms with E-state index < -0.39 is 12.8 Å². The molecule has 5 nitrogen and oxygen atoms in total. The molecule has 2 aromatic rings. The predicted molar refractivity (Wildman–Crippen MR) is 113 cm³/mol. The molecule has 0 aliphatic carbocycles. The summed E-state index contributed by atoms with van der Waals surface area (Å²) >= 11 is 0. The molecule has 0 saturated carbocycles. The highest BCUT2D eigenvalue weighted by atomic mass is 127. The molecule has 2 N–H and O–H groups in total. The summed E-state index contributed by atoms with van der Waals surface area (Å²) in [6.45, 7) is 2.56. The number of benzene rings is 1. The fraction of sp³-hybridized carbons (Fsp3) is 0.421. The molecule has 0 aliphatic heterocycles. The average Bonchev–Trinajstić information content (AvgIpc) is 3.13. The number of hydrogen-bond donors (Lipinski definition) is 2. The van der Waals surface area contributed by atoms with E-state index in [4.69, 9.17) is 4.42 Å². The van der Waals surface area contributed by atoms with Crippen molar-refractivity contribution in [2.75, 3.05) is 19.7 Å². The van der Waals surface area contributed by atoms with Crippen LogP contribution in [0, 0.1) is 0 Å². The molecular weight excluding hydrogens is 486 g/mol. The second kappa shape index (κ2) is 12.7. The average molecular weight is 511 g/mol. The van der Waals surface area contributed by atoms with Crippen LogP contribution in [0.4, 0.5) is 13.2 Å². The topological polar surface area (TPSA) is 58.8 Å². The summed E-state index contributed by atoms with van der Waals surface area (Å²) in [4.78, 5) is 4.51. The van der Waals surface area contributed by atoms with Crippen molar-refractivity contribution < 1.29 is 22.3 Å². The van der Waals surface area contributed by atoms with Crippen LogP contribution in [0.5, 0.6) is 0 Å². The molecule has 0 amide bonds. The number of nitrogens with zero attached hydrogens (tertiary/aromatic N) is 1. The number of guanidine groups is 1. The van der Waals surface area contributed by atoms with Crippen molar-refractivity contribution in [2.24, 2.45) is 4.99 Å². The normalized spacial score (nSPS) is 11.8. The predicted octanol–water partition coefficient (Wildman–Crippen LogP) is 4.27. The van der Waals surface area contributed by atoms with Gasteiger partial charge in [0.25, 0.3) is 0 Å². The van der Waals surface area contributed by atoms with Gasteiger partial charge in [0.05, 0.1) is 19.4 Å². The molecule has 0 spiro atoms. The third-order valence-electron chi connectivity index (χ3n) is 3.57. The third kappa shape index (κ3) is 9.98. The van der Waals surface area contributed by atoms with Gasteiger partial charge in [0.15, 0.2) is 5.96 Å². The van der Waals surface area contributed by atoms with E-state index in [-0.39, 0.29) is 30.6 Å². The van der Waals surface area contributed by atoms with Crippen molar-refractivity contribution in [2.45, 2.75) is 32.7 Å². The molecule has 156 valence electrons. The Balaban J connectivity index is 0.00000392. The Bertz CT molecular complexity index is 689. The van der Waals surface area contributed by atoms with Gasteiger partial charge in [0.1, 0.15) is 12.4 Å². The van der Waals surface area contributed by atoms with Gasteiger partial charge in [-0.25, -0.2) is 4.99 Å². The van der Waals surface area contributed by atoms with Gasteiger partial charge in [-0.15, -0.1) is 24.0 Å². The van der Waals surface area contributed by atoms with E-state index in [2.05, 4.69) is 20.4 Å². The first-order chi connectivity index (χ1) is 13.0. The summed E-state index contributed by atoms with van der Waals surface area (Å²) in [6.07, 6.45) is -1.90. The van der Waals surface area contributed by atoms with Crippen molar-refractivity contribution in [1.29, 1.82) is 0 Å². The molecule has 0 aliphatic rings. The van der Waals surface area contributed by atoms with Gasteiger partial charge < -0.3 is 19.8 Å². The molecular formula is C19H25F3IN3O2. The molecule has 1 heterocycles. The van der Waals surface area contributed by atoms with Gasteiger partial charge in [-0.2, -0.15) is 13.2 Å². The van der Waals surface area contributed by atoms with Crippen molar-refractivity contribution in [3.8, 4) is 0 Å². The van der Waals surface area contributed by atoms with E-state index >= 15 is 0 Å². The summed E-state index contributed by atoms with van der Waals surface area (Å²) in [6, 6.07) is 10.9. The lowest BCUT2D eigenvalue weighted by atomic mass is 10.1. The van der Waals surface area contributed by atoms with Gasteiger partial charge in [-0.3, -0.25) is 0 Å². The van der Waals surface area contributed by atoms with Crippen LogP contribution in [0.1, 0.15) is 23.8 Å². The van der Waals surface area contributed by atoms with E-state index in [0.717, 1.165) is 24.3 Å². The van der Waals surface area contributed by atoms with Gasteiger partial charge in [-0.1, -0.05) is 24.3 Å². The molecule has 0 unspecified atom stereocenters. The number of hydrogen-bond acceptors (Lipinski definition) is 3. The fourth-order valence-electron chi connectivity index (χ4n) is 2.30. The lowest BCUT2D eigenvalue weighted by Gasteiger charge is -2.11. The van der Waals surface area contributed by atoms with Crippen LogP contribution < -0.4 is 10.6 Å². The maximum atomic E-state index is 12.1. The minimum Gasteiger partial charge on any atom is -0.469 e. The molecule has 28 heavy (non-hydrogen) atoms. The van der Waals surface area contributed by atoms with E-state index in [9.17, 15) is 13.2 Å². The van der Waals surface area contributed by atoms with Crippen molar-refractivity contribution in [3.05, 3.63) is 59.5 Å².